The van der Waals surface area contributed by atoms with E-state index in [1.165, 1.54) is 18.2 Å². The minimum Gasteiger partial charge on any atom is -0.494 e. The van der Waals surface area contributed by atoms with E-state index < -0.39 is 10.8 Å². The number of amides is 1. The van der Waals surface area contributed by atoms with Gasteiger partial charge in [-0.1, -0.05) is 17.7 Å². The molecule has 9 heteroatoms. The van der Waals surface area contributed by atoms with Gasteiger partial charge in [0.2, 0.25) is 0 Å². The number of carbonyl (C=O) groups is 1. The van der Waals surface area contributed by atoms with Crippen LogP contribution in [-0.2, 0) is 4.79 Å². The highest BCUT2D eigenvalue weighted by Gasteiger charge is 2.16. The fourth-order valence-electron chi connectivity index (χ4n) is 2.71. The van der Waals surface area contributed by atoms with Gasteiger partial charge in [0.1, 0.15) is 33.9 Å². The summed E-state index contributed by atoms with van der Waals surface area (Å²) in [4.78, 5) is 23.0. The van der Waals surface area contributed by atoms with Gasteiger partial charge in [-0.15, -0.1) is 0 Å². The molecular weight excluding hydrogens is 422 g/mol. The van der Waals surface area contributed by atoms with Gasteiger partial charge >= 0.3 is 0 Å². The van der Waals surface area contributed by atoms with Gasteiger partial charge in [-0.3, -0.25) is 14.9 Å². The van der Waals surface area contributed by atoms with Crippen LogP contribution in [0.5, 0.6) is 5.75 Å². The van der Waals surface area contributed by atoms with Crippen molar-refractivity contribution in [3.05, 3.63) is 81.1 Å². The van der Waals surface area contributed by atoms with Crippen molar-refractivity contribution in [2.45, 2.75) is 6.92 Å². The van der Waals surface area contributed by atoms with Crippen molar-refractivity contribution in [1.29, 1.82) is 5.26 Å². The summed E-state index contributed by atoms with van der Waals surface area (Å²) >= 11 is 5.83. The molecule has 0 aliphatic heterocycles. The van der Waals surface area contributed by atoms with Crippen molar-refractivity contribution in [2.24, 2.45) is 0 Å². The number of halogens is 1. The Balaban J connectivity index is 1.81. The van der Waals surface area contributed by atoms with E-state index in [9.17, 15) is 20.2 Å². The zero-order chi connectivity index (χ0) is 22.4. The maximum Gasteiger partial charge on any atom is 0.288 e. The largest absolute Gasteiger partial charge is 0.494 e. The van der Waals surface area contributed by atoms with Gasteiger partial charge in [-0.2, -0.15) is 5.26 Å². The first-order valence-corrected chi connectivity index (χ1v) is 9.49. The van der Waals surface area contributed by atoms with Crippen molar-refractivity contribution in [3.8, 4) is 23.1 Å². The third-order valence-corrected chi connectivity index (χ3v) is 4.43. The molecule has 0 radical (unpaired) electrons. The fourth-order valence-corrected chi connectivity index (χ4v) is 2.90. The number of nitro benzene ring substituents is 1. The molecule has 1 heterocycles. The molecule has 1 amide bonds. The van der Waals surface area contributed by atoms with Gasteiger partial charge in [0.05, 0.1) is 11.5 Å². The first-order chi connectivity index (χ1) is 14.9. The highest BCUT2D eigenvalue weighted by atomic mass is 35.5. The lowest BCUT2D eigenvalue weighted by Gasteiger charge is -2.07. The predicted octanol–water partition coefficient (Wildman–Crippen LogP) is 5.45. The van der Waals surface area contributed by atoms with Crippen molar-refractivity contribution in [3.63, 3.8) is 0 Å². The van der Waals surface area contributed by atoms with Gasteiger partial charge in [-0.05, 0) is 43.3 Å². The number of carbonyl (C=O) groups excluding carboxylic acids is 1. The molecule has 2 aromatic carbocycles. The van der Waals surface area contributed by atoms with Crippen LogP contribution in [0.15, 0.2) is 64.6 Å². The zero-order valence-electron chi connectivity index (χ0n) is 16.3. The van der Waals surface area contributed by atoms with Crippen LogP contribution in [0.3, 0.4) is 0 Å². The molecule has 0 saturated heterocycles. The smallest absolute Gasteiger partial charge is 0.288 e. The van der Waals surface area contributed by atoms with Crippen LogP contribution in [0.4, 0.5) is 11.4 Å². The number of rotatable bonds is 7. The quantitative estimate of drug-likeness (QED) is 0.227. The Morgan fingerprint density at radius 3 is 2.81 bits per heavy atom. The first kappa shape index (κ1) is 21.6. The van der Waals surface area contributed by atoms with E-state index in [2.05, 4.69) is 5.32 Å². The van der Waals surface area contributed by atoms with E-state index in [0.717, 1.165) is 0 Å². The summed E-state index contributed by atoms with van der Waals surface area (Å²) in [5, 5.41) is 23.1. The highest BCUT2D eigenvalue weighted by Crippen LogP contribution is 2.31. The Kier molecular flexibility index (Phi) is 6.70. The van der Waals surface area contributed by atoms with Crippen molar-refractivity contribution >= 4 is 35.0 Å². The maximum atomic E-state index is 12.5. The second kappa shape index (κ2) is 9.61. The lowest BCUT2D eigenvalue weighted by molar-refractivity contribution is -0.384. The molecule has 0 unspecified atom stereocenters. The third kappa shape index (κ3) is 5.29. The summed E-state index contributed by atoms with van der Waals surface area (Å²) in [5.74, 6) is 0.544. The van der Waals surface area contributed by atoms with Gasteiger partial charge in [0.25, 0.3) is 11.6 Å². The lowest BCUT2D eigenvalue weighted by Crippen LogP contribution is -2.13. The maximum absolute atomic E-state index is 12.5. The summed E-state index contributed by atoms with van der Waals surface area (Å²) in [6.45, 7) is 2.33. The topological polar surface area (TPSA) is 118 Å². The van der Waals surface area contributed by atoms with Crippen LogP contribution >= 0.6 is 11.6 Å². The molecule has 3 rings (SSSR count). The highest BCUT2D eigenvalue weighted by molar-refractivity contribution is 6.32. The Morgan fingerprint density at radius 2 is 2.10 bits per heavy atom. The SMILES string of the molecule is CCOc1cccc(NC(=O)C(C#N)=Cc2ccc(-c3ccc(Cl)c([N+](=O)[O-])c3)o2)c1. The Bertz CT molecular complexity index is 1210. The van der Waals surface area contributed by atoms with Crippen molar-refractivity contribution < 1.29 is 18.9 Å². The molecule has 1 N–H and O–H groups in total. The average Bonchev–Trinajstić information content (AvgIpc) is 3.21. The number of ether oxygens (including phenoxy) is 1. The zero-order valence-corrected chi connectivity index (χ0v) is 17.1. The van der Waals surface area contributed by atoms with Crippen LogP contribution in [0, 0.1) is 21.4 Å². The summed E-state index contributed by atoms with van der Waals surface area (Å²) in [6.07, 6.45) is 1.29. The number of anilines is 1. The molecule has 31 heavy (non-hydrogen) atoms. The number of nitrogens with one attached hydrogen (secondary N) is 1. The summed E-state index contributed by atoms with van der Waals surface area (Å²) in [5.41, 5.74) is 0.487. The van der Waals surface area contributed by atoms with Gasteiger partial charge in [0, 0.05) is 29.5 Å². The van der Waals surface area contributed by atoms with E-state index in [-0.39, 0.29) is 22.0 Å². The van der Waals surface area contributed by atoms with E-state index in [1.807, 2.05) is 13.0 Å². The van der Waals surface area contributed by atoms with E-state index in [0.29, 0.717) is 29.4 Å². The number of nitro groups is 1. The minimum absolute atomic E-state index is 0.0114. The second-order valence-electron chi connectivity index (χ2n) is 6.21. The molecule has 0 spiro atoms. The molecule has 3 aromatic rings. The average molecular weight is 438 g/mol. The second-order valence-corrected chi connectivity index (χ2v) is 6.62. The summed E-state index contributed by atoms with van der Waals surface area (Å²) in [6, 6.07) is 16.0. The predicted molar refractivity (Wildman–Crippen MR) is 116 cm³/mol. The molecule has 0 saturated carbocycles. The van der Waals surface area contributed by atoms with Gasteiger partial charge < -0.3 is 14.5 Å². The molecule has 0 atom stereocenters. The normalized spacial score (nSPS) is 10.9. The molecule has 0 fully saturated rings. The van der Waals surface area contributed by atoms with Crippen molar-refractivity contribution in [1.82, 2.24) is 0 Å². The van der Waals surface area contributed by atoms with Gasteiger partial charge in [-0.25, -0.2) is 0 Å². The van der Waals surface area contributed by atoms with Crippen LogP contribution in [0.25, 0.3) is 17.4 Å². The number of benzene rings is 2. The standard InChI is InChI=1S/C22H16ClN3O5/c1-2-30-17-5-3-4-16(12-17)25-22(27)15(13-24)10-18-7-9-21(31-18)14-6-8-19(23)20(11-14)26(28)29/h3-12H,2H2,1H3,(H,25,27). The molecule has 8 nitrogen and oxygen atoms in total. The van der Waals surface area contributed by atoms with Crippen LogP contribution in [0.2, 0.25) is 5.02 Å². The molecule has 0 bridgehead atoms. The monoisotopic (exact) mass is 437 g/mol. The molecular formula is C22H16ClN3O5. The fraction of sp³-hybridized carbons (Fsp3) is 0.0909. The molecule has 156 valence electrons. The Labute approximate surface area is 182 Å². The number of hydrogen-bond donors (Lipinski definition) is 1. The van der Waals surface area contributed by atoms with Crippen LogP contribution in [-0.4, -0.2) is 17.4 Å². The molecule has 0 aliphatic carbocycles. The van der Waals surface area contributed by atoms with Crippen molar-refractivity contribution in [2.75, 3.05) is 11.9 Å². The Morgan fingerprint density at radius 1 is 1.29 bits per heavy atom. The number of nitrogens with zero attached hydrogens (tertiary/aromatic N) is 2. The van der Waals surface area contributed by atoms with E-state index >= 15 is 0 Å². The molecule has 1 aromatic heterocycles. The molecule has 0 aliphatic rings. The lowest BCUT2D eigenvalue weighted by atomic mass is 10.1. The van der Waals surface area contributed by atoms with E-state index in [4.69, 9.17) is 20.8 Å². The first-order valence-electron chi connectivity index (χ1n) is 9.11. The summed E-state index contributed by atoms with van der Waals surface area (Å²) in [7, 11) is 0. The van der Waals surface area contributed by atoms with E-state index in [1.54, 1.807) is 42.5 Å². The number of nitriles is 1. The van der Waals surface area contributed by atoms with Crippen LogP contribution < -0.4 is 10.1 Å². The minimum atomic E-state index is -0.615. The van der Waals surface area contributed by atoms with Crippen LogP contribution in [0.1, 0.15) is 12.7 Å². The Hall–Kier alpha value is -4.09. The number of hydrogen-bond acceptors (Lipinski definition) is 6. The van der Waals surface area contributed by atoms with Gasteiger partial charge in [0.15, 0.2) is 0 Å². The summed E-state index contributed by atoms with van der Waals surface area (Å²) < 4.78 is 11.0. The number of furan rings is 1. The third-order valence-electron chi connectivity index (χ3n) is 4.11.